The van der Waals surface area contributed by atoms with E-state index in [0.29, 0.717) is 18.9 Å². The molecule has 2 unspecified atom stereocenters. The molecule has 1 aliphatic rings. The summed E-state index contributed by atoms with van der Waals surface area (Å²) in [5, 5.41) is 11.2. The highest BCUT2D eigenvalue weighted by molar-refractivity contribution is 5.92. The first kappa shape index (κ1) is 26.1. The third-order valence-corrected chi connectivity index (χ3v) is 7.55. The molecule has 0 fully saturated rings. The number of nitrogens with zero attached hydrogens (tertiary/aromatic N) is 2. The van der Waals surface area contributed by atoms with Crippen LogP contribution in [-0.2, 0) is 11.3 Å². The van der Waals surface area contributed by atoms with Crippen molar-refractivity contribution in [3.05, 3.63) is 59.3 Å². The third-order valence-electron chi connectivity index (χ3n) is 7.55. The van der Waals surface area contributed by atoms with Crippen molar-refractivity contribution >= 4 is 16.9 Å². The number of fused-ring (bicyclic) bond motifs is 3. The molecule has 0 aliphatic heterocycles. The van der Waals surface area contributed by atoms with Gasteiger partial charge in [0.2, 0.25) is 0 Å². The number of unbranched alkanes of at least 4 members (excludes halogenated alkanes) is 3. The fourth-order valence-electron chi connectivity index (χ4n) is 5.82. The van der Waals surface area contributed by atoms with Crippen LogP contribution in [-0.4, -0.2) is 55.4 Å². The van der Waals surface area contributed by atoms with Crippen molar-refractivity contribution in [3.8, 4) is 11.5 Å². The number of rotatable bonds is 12. The Labute approximate surface area is 214 Å². The van der Waals surface area contributed by atoms with Crippen molar-refractivity contribution in [2.24, 2.45) is 0 Å². The zero-order valence-corrected chi connectivity index (χ0v) is 22.1. The number of benzene rings is 2. The normalized spacial score (nSPS) is 17.4. The number of carbonyl (C=O) groups is 1. The third kappa shape index (κ3) is 5.70. The van der Waals surface area contributed by atoms with Gasteiger partial charge in [-0.3, -0.25) is 4.79 Å². The van der Waals surface area contributed by atoms with Crippen LogP contribution in [0.25, 0.3) is 10.9 Å². The van der Waals surface area contributed by atoms with E-state index >= 15 is 0 Å². The molecule has 194 valence electrons. The number of hydrogen-bond acceptors (Lipinski definition) is 4. The summed E-state index contributed by atoms with van der Waals surface area (Å²) in [6, 6.07) is 14.3. The predicted octanol–water partition coefficient (Wildman–Crippen LogP) is 6.26. The predicted molar refractivity (Wildman–Crippen MR) is 145 cm³/mol. The summed E-state index contributed by atoms with van der Waals surface area (Å²) in [6.45, 7) is 1.78. The lowest BCUT2D eigenvalue weighted by molar-refractivity contribution is -0.139. The van der Waals surface area contributed by atoms with Crippen molar-refractivity contribution in [2.45, 2.75) is 63.3 Å². The van der Waals surface area contributed by atoms with Gasteiger partial charge in [0.25, 0.3) is 0 Å². The molecule has 36 heavy (non-hydrogen) atoms. The Kier molecular flexibility index (Phi) is 8.57. The number of aromatic nitrogens is 1. The lowest BCUT2D eigenvalue weighted by Gasteiger charge is -2.29. The quantitative estimate of drug-likeness (QED) is 0.302. The molecular formula is C30H40N2O4. The molecule has 1 N–H and O–H groups in total. The maximum Gasteiger partial charge on any atom is 0.311 e. The molecule has 2 atom stereocenters. The van der Waals surface area contributed by atoms with Crippen molar-refractivity contribution in [3.63, 3.8) is 0 Å². The van der Waals surface area contributed by atoms with Crippen molar-refractivity contribution in [1.29, 1.82) is 0 Å². The van der Waals surface area contributed by atoms with Crippen LogP contribution in [0.5, 0.6) is 11.5 Å². The molecule has 0 bridgehead atoms. The molecule has 0 amide bonds. The largest absolute Gasteiger partial charge is 0.497 e. The van der Waals surface area contributed by atoms with Gasteiger partial charge in [0, 0.05) is 29.2 Å². The fourth-order valence-corrected chi connectivity index (χ4v) is 5.82. The van der Waals surface area contributed by atoms with E-state index in [2.05, 4.69) is 35.7 Å². The number of methoxy groups -OCH3 is 2. The van der Waals surface area contributed by atoms with E-state index < -0.39 is 11.9 Å². The Bertz CT molecular complexity index is 1160. The van der Waals surface area contributed by atoms with E-state index in [1.807, 2.05) is 30.3 Å². The second kappa shape index (κ2) is 11.8. The fraction of sp³-hybridized carbons (Fsp3) is 0.500. The smallest absolute Gasteiger partial charge is 0.311 e. The van der Waals surface area contributed by atoms with Crippen LogP contribution in [0.4, 0.5) is 0 Å². The lowest BCUT2D eigenvalue weighted by Crippen LogP contribution is -2.22. The summed E-state index contributed by atoms with van der Waals surface area (Å²) in [6.07, 6.45) is 7.57. The molecule has 1 heterocycles. The summed E-state index contributed by atoms with van der Waals surface area (Å²) < 4.78 is 13.4. The molecule has 0 saturated heterocycles. The molecule has 6 heteroatoms. The molecule has 0 radical (unpaired) electrons. The van der Waals surface area contributed by atoms with E-state index in [0.717, 1.165) is 52.9 Å². The van der Waals surface area contributed by atoms with Crippen molar-refractivity contribution < 1.29 is 19.4 Å². The molecule has 6 nitrogen and oxygen atoms in total. The molecule has 3 aromatic rings. The van der Waals surface area contributed by atoms with Crippen molar-refractivity contribution in [1.82, 2.24) is 9.47 Å². The topological polar surface area (TPSA) is 63.9 Å². The van der Waals surface area contributed by atoms with Gasteiger partial charge in [-0.15, -0.1) is 0 Å². The second-order valence-electron chi connectivity index (χ2n) is 10.3. The van der Waals surface area contributed by atoms with Crippen LogP contribution in [0.2, 0.25) is 0 Å². The number of para-hydroxylation sites is 1. The number of carboxylic acid groups (broad SMARTS) is 1. The van der Waals surface area contributed by atoms with Gasteiger partial charge in [-0.25, -0.2) is 0 Å². The Morgan fingerprint density at radius 1 is 1.00 bits per heavy atom. The summed E-state index contributed by atoms with van der Waals surface area (Å²) in [7, 11) is 7.58. The first-order valence-corrected chi connectivity index (χ1v) is 13.1. The van der Waals surface area contributed by atoms with Crippen LogP contribution < -0.4 is 9.47 Å². The molecule has 1 aliphatic carbocycles. The van der Waals surface area contributed by atoms with Gasteiger partial charge >= 0.3 is 5.97 Å². The monoisotopic (exact) mass is 492 g/mol. The van der Waals surface area contributed by atoms with Crippen LogP contribution in [0.1, 0.15) is 73.6 Å². The van der Waals surface area contributed by atoms with Gasteiger partial charge in [-0.05, 0) is 81.6 Å². The van der Waals surface area contributed by atoms with E-state index in [9.17, 15) is 9.90 Å². The molecule has 1 aromatic heterocycles. The Hall–Kier alpha value is -2.99. The average molecular weight is 493 g/mol. The summed E-state index contributed by atoms with van der Waals surface area (Å²) in [4.78, 5) is 14.6. The highest BCUT2D eigenvalue weighted by atomic mass is 16.5. The van der Waals surface area contributed by atoms with Crippen LogP contribution in [0, 0.1) is 0 Å². The minimum absolute atomic E-state index is 0.365. The lowest BCUT2D eigenvalue weighted by atomic mass is 9.77. The second-order valence-corrected chi connectivity index (χ2v) is 10.3. The standard InChI is InChI=1S/C30H40N2O4/c1-31(2)16-10-6-5-7-11-22-14-15-26(30(33)34)28-25-12-8-9-13-27(25)32(29(22)28)20-21-17-23(35-3)19-24(18-21)36-4/h8-9,12-13,17-19,22,26H,5-7,10-11,14-16,20H2,1-4H3,(H,33,34). The van der Waals surface area contributed by atoms with Crippen LogP contribution in [0.3, 0.4) is 0 Å². The SMILES string of the molecule is COc1cc(Cn2c3c(c4ccccc42)C(C(=O)O)CCC3CCCCCCN(C)C)cc(OC)c1. The number of hydrogen-bond donors (Lipinski definition) is 1. The molecule has 0 spiro atoms. The zero-order valence-electron chi connectivity index (χ0n) is 22.1. The molecular weight excluding hydrogens is 452 g/mol. The van der Waals surface area contributed by atoms with E-state index in [-0.39, 0.29) is 0 Å². The average Bonchev–Trinajstić information content (AvgIpc) is 3.20. The van der Waals surface area contributed by atoms with Gasteiger partial charge in [0.05, 0.1) is 20.1 Å². The van der Waals surface area contributed by atoms with Gasteiger partial charge in [-0.1, -0.05) is 37.5 Å². The number of aliphatic carboxylic acids is 1. The van der Waals surface area contributed by atoms with E-state index in [1.54, 1.807) is 14.2 Å². The molecule has 2 aromatic carbocycles. The van der Waals surface area contributed by atoms with E-state index in [1.165, 1.54) is 31.4 Å². The van der Waals surface area contributed by atoms with Crippen molar-refractivity contribution in [2.75, 3.05) is 34.9 Å². The summed E-state index contributed by atoms with van der Waals surface area (Å²) in [5.74, 6) is 0.704. The minimum atomic E-state index is -0.718. The van der Waals surface area contributed by atoms with Gasteiger partial charge in [0.15, 0.2) is 0 Å². The summed E-state index contributed by atoms with van der Waals surface area (Å²) in [5.41, 5.74) is 4.42. The van der Waals surface area contributed by atoms with Gasteiger partial charge in [0.1, 0.15) is 11.5 Å². The molecule has 0 saturated carbocycles. The Balaban J connectivity index is 1.70. The zero-order chi connectivity index (χ0) is 25.7. The maximum atomic E-state index is 12.3. The highest BCUT2D eigenvalue weighted by Gasteiger charge is 2.36. The molecule has 4 rings (SSSR count). The van der Waals surface area contributed by atoms with Gasteiger partial charge in [-0.2, -0.15) is 0 Å². The summed E-state index contributed by atoms with van der Waals surface area (Å²) >= 11 is 0. The first-order chi connectivity index (χ1) is 17.4. The maximum absolute atomic E-state index is 12.3. The Morgan fingerprint density at radius 3 is 2.36 bits per heavy atom. The van der Waals surface area contributed by atoms with Gasteiger partial charge < -0.3 is 24.0 Å². The highest BCUT2D eigenvalue weighted by Crippen LogP contribution is 2.46. The Morgan fingerprint density at radius 2 is 1.69 bits per heavy atom. The van der Waals surface area contributed by atoms with Crippen LogP contribution in [0.15, 0.2) is 42.5 Å². The van der Waals surface area contributed by atoms with E-state index in [4.69, 9.17) is 9.47 Å². The number of carboxylic acids is 1. The number of ether oxygens (including phenoxy) is 2. The van der Waals surface area contributed by atoms with Crippen LogP contribution >= 0.6 is 0 Å². The first-order valence-electron chi connectivity index (χ1n) is 13.1. The minimum Gasteiger partial charge on any atom is -0.497 e.